The maximum atomic E-state index is 12.4. The molecule has 1 aromatic rings. The van der Waals surface area contributed by atoms with Crippen LogP contribution >= 0.6 is 0 Å². The Hall–Kier alpha value is -2.53. The van der Waals surface area contributed by atoms with Crippen molar-refractivity contribution in [3.05, 3.63) is 29.8 Å². The summed E-state index contributed by atoms with van der Waals surface area (Å²) < 4.78 is 0. The fraction of sp³-hybridized carbons (Fsp3) is 0.438. The predicted octanol–water partition coefficient (Wildman–Crippen LogP) is 2.24. The summed E-state index contributed by atoms with van der Waals surface area (Å²) in [6.07, 6.45) is 1.02. The minimum atomic E-state index is 0.0176. The SMILES string of the molecule is N#CCCN(CCC#N)C(=O)CC1CNc2ccccc21. The topological polar surface area (TPSA) is 79.9 Å². The number of fused-ring (bicyclic) bond motifs is 1. The molecule has 0 saturated carbocycles. The molecule has 0 spiro atoms. The molecule has 21 heavy (non-hydrogen) atoms. The van der Waals surface area contributed by atoms with Gasteiger partial charge in [0.1, 0.15) is 0 Å². The van der Waals surface area contributed by atoms with Crippen molar-refractivity contribution >= 4 is 11.6 Å². The van der Waals surface area contributed by atoms with E-state index in [9.17, 15) is 4.79 Å². The van der Waals surface area contributed by atoms with E-state index in [1.54, 1.807) is 4.90 Å². The molecule has 1 heterocycles. The highest BCUT2D eigenvalue weighted by atomic mass is 16.2. The van der Waals surface area contributed by atoms with Crippen LogP contribution in [-0.4, -0.2) is 30.4 Å². The lowest BCUT2D eigenvalue weighted by atomic mass is 9.97. The minimum absolute atomic E-state index is 0.0176. The van der Waals surface area contributed by atoms with Gasteiger partial charge < -0.3 is 10.2 Å². The lowest BCUT2D eigenvalue weighted by molar-refractivity contribution is -0.131. The number of rotatable bonds is 6. The molecule has 1 aromatic carbocycles. The molecule has 0 radical (unpaired) electrons. The van der Waals surface area contributed by atoms with Crippen LogP contribution in [0.5, 0.6) is 0 Å². The van der Waals surface area contributed by atoms with E-state index in [0.29, 0.717) is 32.4 Å². The van der Waals surface area contributed by atoms with Crippen LogP contribution in [0, 0.1) is 22.7 Å². The molecular weight excluding hydrogens is 264 g/mol. The fourth-order valence-electron chi connectivity index (χ4n) is 2.61. The molecule has 5 nitrogen and oxygen atoms in total. The normalized spacial score (nSPS) is 15.4. The predicted molar refractivity (Wildman–Crippen MR) is 79.3 cm³/mol. The number of para-hydroxylation sites is 1. The van der Waals surface area contributed by atoms with Crippen molar-refractivity contribution in [3.8, 4) is 12.1 Å². The first-order chi connectivity index (χ1) is 10.3. The highest BCUT2D eigenvalue weighted by Gasteiger charge is 2.26. The van der Waals surface area contributed by atoms with Crippen molar-refractivity contribution in [3.63, 3.8) is 0 Å². The summed E-state index contributed by atoms with van der Waals surface area (Å²) >= 11 is 0. The van der Waals surface area contributed by atoms with E-state index in [1.165, 1.54) is 5.56 Å². The molecule has 0 saturated heterocycles. The van der Waals surface area contributed by atoms with Crippen LogP contribution in [0.2, 0.25) is 0 Å². The average Bonchev–Trinajstić information content (AvgIpc) is 2.91. The summed E-state index contributed by atoms with van der Waals surface area (Å²) in [6, 6.07) is 12.1. The Labute approximate surface area is 124 Å². The quantitative estimate of drug-likeness (QED) is 0.867. The number of hydrogen-bond donors (Lipinski definition) is 1. The zero-order valence-electron chi connectivity index (χ0n) is 11.9. The van der Waals surface area contributed by atoms with Gasteiger partial charge in [0.05, 0.1) is 25.0 Å². The molecule has 1 N–H and O–H groups in total. The number of anilines is 1. The third-order valence-electron chi connectivity index (χ3n) is 3.70. The molecule has 1 aliphatic rings. The van der Waals surface area contributed by atoms with E-state index in [2.05, 4.69) is 5.32 Å². The number of amides is 1. The van der Waals surface area contributed by atoms with Crippen molar-refractivity contribution in [1.29, 1.82) is 10.5 Å². The summed E-state index contributed by atoms with van der Waals surface area (Å²) in [5.41, 5.74) is 2.27. The molecule has 0 aliphatic carbocycles. The second-order valence-corrected chi connectivity index (χ2v) is 5.07. The maximum absolute atomic E-state index is 12.4. The van der Waals surface area contributed by atoms with Gasteiger partial charge in [-0.2, -0.15) is 10.5 Å². The van der Waals surface area contributed by atoms with Crippen molar-refractivity contribution in [2.75, 3.05) is 25.0 Å². The van der Waals surface area contributed by atoms with Crippen LogP contribution in [0.3, 0.4) is 0 Å². The Kier molecular flexibility index (Phi) is 5.17. The van der Waals surface area contributed by atoms with Gasteiger partial charge >= 0.3 is 0 Å². The van der Waals surface area contributed by atoms with Gasteiger partial charge in [-0.25, -0.2) is 0 Å². The summed E-state index contributed by atoms with van der Waals surface area (Å²) in [4.78, 5) is 14.0. The lowest BCUT2D eigenvalue weighted by Gasteiger charge is -2.22. The second kappa shape index (κ2) is 7.31. The Morgan fingerprint density at radius 2 is 1.90 bits per heavy atom. The first kappa shape index (κ1) is 14.9. The van der Waals surface area contributed by atoms with Crippen LogP contribution < -0.4 is 5.32 Å². The molecule has 1 amide bonds. The number of nitrogens with one attached hydrogen (secondary N) is 1. The van der Waals surface area contributed by atoms with E-state index in [0.717, 1.165) is 12.2 Å². The summed E-state index contributed by atoms with van der Waals surface area (Å²) in [7, 11) is 0. The van der Waals surface area contributed by atoms with Crippen LogP contribution in [0.15, 0.2) is 24.3 Å². The molecule has 0 bridgehead atoms. The molecule has 1 atom stereocenters. The summed E-state index contributed by atoms with van der Waals surface area (Å²) in [5, 5.41) is 20.7. The molecule has 0 fully saturated rings. The largest absolute Gasteiger partial charge is 0.384 e. The molecule has 0 aromatic heterocycles. The van der Waals surface area contributed by atoms with Crippen LogP contribution in [0.1, 0.15) is 30.7 Å². The minimum Gasteiger partial charge on any atom is -0.384 e. The highest BCUT2D eigenvalue weighted by molar-refractivity contribution is 5.78. The van der Waals surface area contributed by atoms with E-state index in [-0.39, 0.29) is 11.8 Å². The van der Waals surface area contributed by atoms with Crippen molar-refractivity contribution in [1.82, 2.24) is 4.90 Å². The van der Waals surface area contributed by atoms with E-state index >= 15 is 0 Å². The number of carbonyl (C=O) groups excluding carboxylic acids is 1. The number of carbonyl (C=O) groups is 1. The molecule has 1 unspecified atom stereocenters. The number of benzene rings is 1. The summed E-state index contributed by atoms with van der Waals surface area (Å²) in [6.45, 7) is 1.56. The highest BCUT2D eigenvalue weighted by Crippen LogP contribution is 2.33. The Bertz CT molecular complexity index is 567. The Morgan fingerprint density at radius 3 is 2.57 bits per heavy atom. The van der Waals surface area contributed by atoms with Gasteiger partial charge in [-0.05, 0) is 11.6 Å². The van der Waals surface area contributed by atoms with E-state index in [1.807, 2.05) is 36.4 Å². The standard InChI is InChI=1S/C16H18N4O/c17-7-3-9-20(10-4-8-18)16(21)11-13-12-19-15-6-2-1-5-14(13)15/h1-2,5-6,13,19H,3-4,9-12H2. The van der Waals surface area contributed by atoms with E-state index < -0.39 is 0 Å². The Morgan fingerprint density at radius 1 is 1.24 bits per heavy atom. The van der Waals surface area contributed by atoms with Gasteiger partial charge in [-0.15, -0.1) is 0 Å². The maximum Gasteiger partial charge on any atom is 0.223 e. The molecular formula is C16H18N4O. The average molecular weight is 282 g/mol. The van der Waals surface area contributed by atoms with Crippen LogP contribution in [0.25, 0.3) is 0 Å². The zero-order valence-corrected chi connectivity index (χ0v) is 11.9. The number of nitrogens with zero attached hydrogens (tertiary/aromatic N) is 3. The Balaban J connectivity index is 1.99. The number of hydrogen-bond acceptors (Lipinski definition) is 4. The van der Waals surface area contributed by atoms with Crippen LogP contribution in [-0.2, 0) is 4.79 Å². The zero-order chi connectivity index (χ0) is 15.1. The van der Waals surface area contributed by atoms with Crippen molar-refractivity contribution in [2.45, 2.75) is 25.2 Å². The third-order valence-corrected chi connectivity index (χ3v) is 3.70. The molecule has 2 rings (SSSR count). The monoisotopic (exact) mass is 282 g/mol. The first-order valence-electron chi connectivity index (χ1n) is 7.10. The van der Waals surface area contributed by atoms with Gasteiger partial charge in [-0.1, -0.05) is 18.2 Å². The lowest BCUT2D eigenvalue weighted by Crippen LogP contribution is -2.33. The third kappa shape index (κ3) is 3.73. The number of nitriles is 2. The van der Waals surface area contributed by atoms with Crippen molar-refractivity contribution in [2.24, 2.45) is 0 Å². The fourth-order valence-corrected chi connectivity index (χ4v) is 2.61. The van der Waals surface area contributed by atoms with E-state index in [4.69, 9.17) is 10.5 Å². The van der Waals surface area contributed by atoms with Gasteiger partial charge in [0.15, 0.2) is 0 Å². The van der Waals surface area contributed by atoms with Gasteiger partial charge in [0.25, 0.3) is 0 Å². The molecule has 5 heteroatoms. The second-order valence-electron chi connectivity index (χ2n) is 5.07. The van der Waals surface area contributed by atoms with Crippen LogP contribution in [0.4, 0.5) is 5.69 Å². The van der Waals surface area contributed by atoms with Gasteiger partial charge in [0.2, 0.25) is 5.91 Å². The first-order valence-corrected chi connectivity index (χ1v) is 7.10. The van der Waals surface area contributed by atoms with Gasteiger partial charge in [0, 0.05) is 37.7 Å². The van der Waals surface area contributed by atoms with Gasteiger partial charge in [-0.3, -0.25) is 4.79 Å². The van der Waals surface area contributed by atoms with Crippen molar-refractivity contribution < 1.29 is 4.79 Å². The molecule has 1 aliphatic heterocycles. The summed E-state index contributed by atoms with van der Waals surface area (Å²) in [5.74, 6) is 0.185. The smallest absolute Gasteiger partial charge is 0.223 e. The molecule has 108 valence electrons.